The number of benzene rings is 1. The molecule has 0 aromatic heterocycles. The number of hydrogen-bond acceptors (Lipinski definition) is 7. The van der Waals surface area contributed by atoms with Gasteiger partial charge < -0.3 is 25.8 Å². The Morgan fingerprint density at radius 1 is 1.20 bits per heavy atom. The smallest absolute Gasteiger partial charge is 0.332 e. The molecular weight excluding hydrogens is 390 g/mol. The minimum atomic E-state index is -1.53. The van der Waals surface area contributed by atoms with Crippen molar-refractivity contribution in [2.24, 2.45) is 11.7 Å². The zero-order valence-corrected chi connectivity index (χ0v) is 17.3. The molecule has 1 aliphatic carbocycles. The molecule has 1 aliphatic rings. The highest BCUT2D eigenvalue weighted by Crippen LogP contribution is 2.38. The van der Waals surface area contributed by atoms with Gasteiger partial charge in [-0.15, -0.1) is 0 Å². The maximum absolute atomic E-state index is 12.8. The van der Waals surface area contributed by atoms with Gasteiger partial charge in [0.1, 0.15) is 6.61 Å². The quantitative estimate of drug-likeness (QED) is 0.493. The normalized spacial score (nSPS) is 21.4. The fourth-order valence-corrected chi connectivity index (χ4v) is 3.48. The number of nitrogens with two attached hydrogens (primary N) is 1. The lowest BCUT2D eigenvalue weighted by molar-refractivity contribution is -0.164. The van der Waals surface area contributed by atoms with Gasteiger partial charge in [0.15, 0.2) is 5.54 Å². The number of amides is 2. The van der Waals surface area contributed by atoms with Crippen LogP contribution in [0, 0.1) is 5.92 Å². The largest absolute Gasteiger partial charge is 0.464 e. The second kappa shape index (κ2) is 10.7. The van der Waals surface area contributed by atoms with Crippen molar-refractivity contribution in [3.8, 4) is 0 Å². The third kappa shape index (κ3) is 5.79. The lowest BCUT2D eigenvalue weighted by Crippen LogP contribution is -2.61. The number of nitrogens with one attached hydrogen (secondary N) is 2. The van der Waals surface area contributed by atoms with Crippen molar-refractivity contribution in [3.63, 3.8) is 0 Å². The first kappa shape index (κ1) is 23.3. The maximum atomic E-state index is 12.8. The van der Waals surface area contributed by atoms with Crippen molar-refractivity contribution < 1.29 is 28.7 Å². The summed E-state index contributed by atoms with van der Waals surface area (Å²) >= 11 is 0. The van der Waals surface area contributed by atoms with Crippen LogP contribution >= 0.6 is 0 Å². The van der Waals surface area contributed by atoms with Crippen LogP contribution in [-0.4, -0.2) is 48.5 Å². The summed E-state index contributed by atoms with van der Waals surface area (Å²) in [7, 11) is 0. The van der Waals surface area contributed by atoms with Gasteiger partial charge in [-0.2, -0.15) is 0 Å². The van der Waals surface area contributed by atoms with E-state index in [-0.39, 0.29) is 26.2 Å². The van der Waals surface area contributed by atoms with Crippen LogP contribution in [0.1, 0.15) is 38.7 Å². The van der Waals surface area contributed by atoms with Crippen molar-refractivity contribution in [2.75, 3.05) is 13.2 Å². The fourth-order valence-electron chi connectivity index (χ4n) is 3.48. The van der Waals surface area contributed by atoms with Crippen molar-refractivity contribution in [3.05, 3.63) is 35.9 Å². The highest BCUT2D eigenvalue weighted by atomic mass is 16.5. The van der Waals surface area contributed by atoms with Crippen LogP contribution in [0.15, 0.2) is 30.3 Å². The van der Waals surface area contributed by atoms with Crippen molar-refractivity contribution >= 4 is 23.8 Å². The fraction of sp³-hybridized carbons (Fsp3) is 0.524. The molecule has 9 heteroatoms. The van der Waals surface area contributed by atoms with E-state index < -0.39 is 41.3 Å². The molecular formula is C21H29N3O6. The number of esters is 2. The number of carbonyl (C=O) groups is 4. The van der Waals surface area contributed by atoms with Crippen LogP contribution in [-0.2, 0) is 35.3 Å². The Morgan fingerprint density at radius 3 is 2.53 bits per heavy atom. The summed E-state index contributed by atoms with van der Waals surface area (Å²) in [5, 5.41) is 5.02. The van der Waals surface area contributed by atoms with Gasteiger partial charge in [0.05, 0.1) is 25.1 Å². The van der Waals surface area contributed by atoms with Gasteiger partial charge in [0, 0.05) is 0 Å². The van der Waals surface area contributed by atoms with Crippen LogP contribution in [0.25, 0.3) is 0 Å². The molecule has 0 spiro atoms. The Balaban J connectivity index is 2.12. The van der Waals surface area contributed by atoms with E-state index >= 15 is 0 Å². The predicted octanol–water partition coefficient (Wildman–Crippen LogP) is 0.411. The van der Waals surface area contributed by atoms with Crippen LogP contribution in [0.5, 0.6) is 0 Å². The number of carbonyl (C=O) groups excluding carboxylic acids is 4. The van der Waals surface area contributed by atoms with E-state index in [4.69, 9.17) is 15.2 Å². The first-order valence-electron chi connectivity index (χ1n) is 10.0. The van der Waals surface area contributed by atoms with E-state index in [1.807, 2.05) is 30.3 Å². The third-order valence-electron chi connectivity index (χ3n) is 5.01. The summed E-state index contributed by atoms with van der Waals surface area (Å²) in [5.41, 5.74) is 4.75. The number of rotatable bonds is 9. The van der Waals surface area contributed by atoms with Gasteiger partial charge in [0.2, 0.25) is 11.8 Å². The minimum Gasteiger partial charge on any atom is -0.464 e. The van der Waals surface area contributed by atoms with Crippen LogP contribution in [0.3, 0.4) is 0 Å². The predicted molar refractivity (Wildman–Crippen MR) is 108 cm³/mol. The average Bonchev–Trinajstić information content (AvgIpc) is 3.15. The van der Waals surface area contributed by atoms with Gasteiger partial charge >= 0.3 is 11.9 Å². The summed E-state index contributed by atoms with van der Waals surface area (Å²) in [6.07, 6.45) is 1.15. The molecule has 4 N–H and O–H groups in total. The summed E-state index contributed by atoms with van der Waals surface area (Å²) < 4.78 is 10.6. The minimum absolute atomic E-state index is 0.0630. The van der Waals surface area contributed by atoms with Crippen LogP contribution in [0.2, 0.25) is 0 Å². The first-order chi connectivity index (χ1) is 14.3. The van der Waals surface area contributed by atoms with E-state index in [2.05, 4.69) is 10.6 Å². The first-order valence-corrected chi connectivity index (χ1v) is 10.0. The molecule has 2 rings (SSSR count). The average molecular weight is 419 g/mol. The van der Waals surface area contributed by atoms with Crippen molar-refractivity contribution in [2.45, 2.75) is 51.3 Å². The summed E-state index contributed by atoms with van der Waals surface area (Å²) in [6.45, 7) is 2.93. The van der Waals surface area contributed by atoms with Gasteiger partial charge in [-0.25, -0.2) is 4.79 Å². The van der Waals surface area contributed by atoms with E-state index in [1.165, 1.54) is 6.92 Å². The molecule has 2 amide bonds. The molecule has 1 aromatic rings. The molecule has 3 atom stereocenters. The molecule has 0 heterocycles. The Bertz CT molecular complexity index is 767. The van der Waals surface area contributed by atoms with E-state index in [1.54, 1.807) is 6.92 Å². The van der Waals surface area contributed by atoms with Crippen molar-refractivity contribution in [1.29, 1.82) is 0 Å². The highest BCUT2D eigenvalue weighted by molar-refractivity contribution is 5.95. The summed E-state index contributed by atoms with van der Waals surface area (Å²) in [6, 6.07) is 8.39. The van der Waals surface area contributed by atoms with Gasteiger partial charge in [-0.3, -0.25) is 14.4 Å². The lowest BCUT2D eigenvalue weighted by Gasteiger charge is -2.32. The topological polar surface area (TPSA) is 137 Å². The Morgan fingerprint density at radius 2 is 1.90 bits per heavy atom. The molecule has 1 saturated carbocycles. The molecule has 0 radical (unpaired) electrons. The third-order valence-corrected chi connectivity index (χ3v) is 5.01. The number of hydrogen-bond donors (Lipinski definition) is 3. The van der Waals surface area contributed by atoms with Crippen molar-refractivity contribution in [1.82, 2.24) is 10.6 Å². The van der Waals surface area contributed by atoms with Gasteiger partial charge in [-0.1, -0.05) is 30.3 Å². The molecule has 2 unspecified atom stereocenters. The number of ether oxygens (including phenoxy) is 2. The summed E-state index contributed by atoms with van der Waals surface area (Å²) in [5.74, 6) is -3.26. The molecule has 0 bridgehead atoms. The van der Waals surface area contributed by atoms with E-state index in [0.29, 0.717) is 12.8 Å². The van der Waals surface area contributed by atoms with Crippen LogP contribution in [0.4, 0.5) is 0 Å². The maximum Gasteiger partial charge on any atom is 0.332 e. The second-order valence-electron chi connectivity index (χ2n) is 7.28. The molecule has 30 heavy (non-hydrogen) atoms. The zero-order chi connectivity index (χ0) is 22.1. The standard InChI is InChI=1S/C21H29N3O6/c1-3-29-20(28)21(24-17(25)12-23-18(26)14(2)22)11-7-10-16(21)19(27)30-13-15-8-5-4-6-9-15/h4-6,8-9,14,16H,3,7,10-13,22H2,1-2H3,(H,23,26)(H,24,25)/t14-,16?,21?/m0/s1. The second-order valence-corrected chi connectivity index (χ2v) is 7.28. The SMILES string of the molecule is CCOC(=O)C1(NC(=O)CNC(=O)[C@H](C)N)CCCC1C(=O)OCc1ccccc1. The Labute approximate surface area is 175 Å². The molecule has 1 fully saturated rings. The van der Waals surface area contributed by atoms with E-state index in [9.17, 15) is 19.2 Å². The lowest BCUT2D eigenvalue weighted by atomic mass is 9.86. The highest BCUT2D eigenvalue weighted by Gasteiger charge is 2.55. The monoisotopic (exact) mass is 419 g/mol. The van der Waals surface area contributed by atoms with E-state index in [0.717, 1.165) is 5.56 Å². The van der Waals surface area contributed by atoms with Gasteiger partial charge in [0.25, 0.3) is 0 Å². The zero-order valence-electron chi connectivity index (χ0n) is 17.3. The summed E-state index contributed by atoms with van der Waals surface area (Å²) in [4.78, 5) is 49.7. The molecule has 9 nitrogen and oxygen atoms in total. The van der Waals surface area contributed by atoms with Crippen LogP contribution < -0.4 is 16.4 Å². The molecule has 0 saturated heterocycles. The van der Waals surface area contributed by atoms with Gasteiger partial charge in [-0.05, 0) is 38.7 Å². The molecule has 1 aromatic carbocycles. The Hall–Kier alpha value is -2.94. The molecule has 164 valence electrons. The molecule has 0 aliphatic heterocycles. The Kier molecular flexibility index (Phi) is 8.35.